The highest BCUT2D eigenvalue weighted by Gasteiger charge is 2.01. The molecule has 3 nitrogen and oxygen atoms in total. The SMILES string of the molecule is CC(N)c1ccc(OCc2cccc(Cl)c2)nc1. The summed E-state index contributed by atoms with van der Waals surface area (Å²) in [6, 6.07) is 11.3. The first-order valence-electron chi connectivity index (χ1n) is 5.74. The lowest BCUT2D eigenvalue weighted by molar-refractivity contribution is 0.293. The van der Waals surface area contributed by atoms with E-state index < -0.39 is 0 Å². The average Bonchev–Trinajstić information content (AvgIpc) is 2.37. The maximum atomic E-state index is 5.90. The van der Waals surface area contributed by atoms with E-state index in [4.69, 9.17) is 22.1 Å². The average molecular weight is 263 g/mol. The second kappa shape index (κ2) is 5.85. The predicted molar refractivity (Wildman–Crippen MR) is 72.6 cm³/mol. The van der Waals surface area contributed by atoms with E-state index in [1.807, 2.05) is 43.3 Å². The molecule has 4 heteroatoms. The largest absolute Gasteiger partial charge is 0.473 e. The van der Waals surface area contributed by atoms with E-state index in [1.54, 1.807) is 6.20 Å². The smallest absolute Gasteiger partial charge is 0.213 e. The monoisotopic (exact) mass is 262 g/mol. The van der Waals surface area contributed by atoms with Crippen LogP contribution in [0.1, 0.15) is 24.1 Å². The lowest BCUT2D eigenvalue weighted by Gasteiger charge is -2.08. The van der Waals surface area contributed by atoms with Crippen molar-refractivity contribution in [3.63, 3.8) is 0 Å². The number of pyridine rings is 1. The van der Waals surface area contributed by atoms with Gasteiger partial charge in [0.15, 0.2) is 0 Å². The van der Waals surface area contributed by atoms with Gasteiger partial charge in [0.05, 0.1) is 0 Å². The van der Waals surface area contributed by atoms with Gasteiger partial charge in [0.2, 0.25) is 5.88 Å². The van der Waals surface area contributed by atoms with Gasteiger partial charge in [0.1, 0.15) is 6.61 Å². The van der Waals surface area contributed by atoms with Gasteiger partial charge in [-0.1, -0.05) is 29.8 Å². The maximum Gasteiger partial charge on any atom is 0.213 e. The van der Waals surface area contributed by atoms with Crippen LogP contribution in [0, 0.1) is 0 Å². The molecule has 1 atom stereocenters. The standard InChI is InChI=1S/C14H15ClN2O/c1-10(16)12-5-6-14(17-8-12)18-9-11-3-2-4-13(15)7-11/h2-8,10H,9,16H2,1H3. The molecule has 18 heavy (non-hydrogen) atoms. The summed E-state index contributed by atoms with van der Waals surface area (Å²) < 4.78 is 5.57. The number of benzene rings is 1. The molecule has 2 rings (SSSR count). The molecule has 1 unspecified atom stereocenters. The Morgan fingerprint density at radius 1 is 1.33 bits per heavy atom. The quantitative estimate of drug-likeness (QED) is 0.919. The van der Waals surface area contributed by atoms with Crippen LogP contribution in [0.15, 0.2) is 42.6 Å². The van der Waals surface area contributed by atoms with Gasteiger partial charge in [0, 0.05) is 23.3 Å². The Balaban J connectivity index is 1.98. The van der Waals surface area contributed by atoms with Gasteiger partial charge in [-0.2, -0.15) is 0 Å². The van der Waals surface area contributed by atoms with Gasteiger partial charge in [-0.25, -0.2) is 4.98 Å². The molecule has 1 aromatic carbocycles. The van der Waals surface area contributed by atoms with Crippen molar-refractivity contribution >= 4 is 11.6 Å². The van der Waals surface area contributed by atoms with E-state index in [0.717, 1.165) is 11.1 Å². The number of hydrogen-bond acceptors (Lipinski definition) is 3. The summed E-state index contributed by atoms with van der Waals surface area (Å²) in [4.78, 5) is 4.20. The highest BCUT2D eigenvalue weighted by molar-refractivity contribution is 6.30. The summed E-state index contributed by atoms with van der Waals surface area (Å²) in [7, 11) is 0. The van der Waals surface area contributed by atoms with Crippen LogP contribution < -0.4 is 10.5 Å². The summed E-state index contributed by atoms with van der Waals surface area (Å²) >= 11 is 5.90. The van der Waals surface area contributed by atoms with E-state index in [-0.39, 0.29) is 6.04 Å². The second-order valence-corrected chi connectivity index (χ2v) is 4.57. The third-order valence-corrected chi connectivity index (χ3v) is 2.80. The van der Waals surface area contributed by atoms with Gasteiger partial charge in [-0.05, 0) is 30.2 Å². The molecule has 94 valence electrons. The minimum atomic E-state index is -0.0144. The number of ether oxygens (including phenoxy) is 1. The number of nitrogens with two attached hydrogens (primary N) is 1. The first-order chi connectivity index (χ1) is 8.65. The molecule has 0 saturated heterocycles. The molecule has 0 aliphatic carbocycles. The second-order valence-electron chi connectivity index (χ2n) is 4.14. The van der Waals surface area contributed by atoms with E-state index in [9.17, 15) is 0 Å². The van der Waals surface area contributed by atoms with Crippen molar-refractivity contribution in [2.24, 2.45) is 5.73 Å². The van der Waals surface area contributed by atoms with E-state index in [1.165, 1.54) is 0 Å². The molecular weight excluding hydrogens is 248 g/mol. The third-order valence-electron chi connectivity index (χ3n) is 2.56. The van der Waals surface area contributed by atoms with Crippen molar-refractivity contribution in [1.29, 1.82) is 0 Å². The van der Waals surface area contributed by atoms with Crippen molar-refractivity contribution in [1.82, 2.24) is 4.98 Å². The fraction of sp³-hybridized carbons (Fsp3) is 0.214. The summed E-state index contributed by atoms with van der Waals surface area (Å²) in [6.07, 6.45) is 1.73. The maximum absolute atomic E-state index is 5.90. The zero-order chi connectivity index (χ0) is 13.0. The van der Waals surface area contributed by atoms with Crippen LogP contribution in [0.2, 0.25) is 5.02 Å². The lowest BCUT2D eigenvalue weighted by Crippen LogP contribution is -2.05. The fourth-order valence-electron chi connectivity index (χ4n) is 1.53. The van der Waals surface area contributed by atoms with Gasteiger partial charge >= 0.3 is 0 Å². The Kier molecular flexibility index (Phi) is 4.18. The minimum Gasteiger partial charge on any atom is -0.473 e. The van der Waals surface area contributed by atoms with E-state index in [0.29, 0.717) is 17.5 Å². The summed E-state index contributed by atoms with van der Waals surface area (Å²) in [5.41, 5.74) is 7.76. The van der Waals surface area contributed by atoms with Gasteiger partial charge in [-0.3, -0.25) is 0 Å². The molecule has 0 spiro atoms. The fourth-order valence-corrected chi connectivity index (χ4v) is 1.74. The van der Waals surface area contributed by atoms with Crippen LogP contribution in [0.3, 0.4) is 0 Å². The molecule has 0 amide bonds. The van der Waals surface area contributed by atoms with Crippen molar-refractivity contribution < 1.29 is 4.74 Å². The molecule has 0 saturated carbocycles. The molecule has 1 heterocycles. The molecular formula is C14H15ClN2O. The molecule has 0 aliphatic heterocycles. The Labute approximate surface area is 112 Å². The zero-order valence-corrected chi connectivity index (χ0v) is 10.9. The minimum absolute atomic E-state index is 0.0144. The van der Waals surface area contributed by atoms with Gasteiger partial charge < -0.3 is 10.5 Å². The number of hydrogen-bond donors (Lipinski definition) is 1. The van der Waals surface area contributed by atoms with Crippen LogP contribution in [-0.4, -0.2) is 4.98 Å². The molecule has 0 bridgehead atoms. The number of rotatable bonds is 4. The molecule has 0 aliphatic rings. The van der Waals surface area contributed by atoms with Crippen molar-refractivity contribution in [2.75, 3.05) is 0 Å². The van der Waals surface area contributed by atoms with Gasteiger partial charge in [-0.15, -0.1) is 0 Å². The van der Waals surface area contributed by atoms with Crippen LogP contribution >= 0.6 is 11.6 Å². The van der Waals surface area contributed by atoms with Crippen LogP contribution in [0.25, 0.3) is 0 Å². The van der Waals surface area contributed by atoms with Gasteiger partial charge in [0.25, 0.3) is 0 Å². The van der Waals surface area contributed by atoms with Crippen LogP contribution in [0.5, 0.6) is 5.88 Å². The Morgan fingerprint density at radius 2 is 2.17 bits per heavy atom. The third kappa shape index (κ3) is 3.45. The van der Waals surface area contributed by atoms with Crippen molar-refractivity contribution in [2.45, 2.75) is 19.6 Å². The number of halogens is 1. The number of aromatic nitrogens is 1. The van der Waals surface area contributed by atoms with E-state index in [2.05, 4.69) is 4.98 Å². The summed E-state index contributed by atoms with van der Waals surface area (Å²) in [5.74, 6) is 0.583. The van der Waals surface area contributed by atoms with E-state index >= 15 is 0 Å². The van der Waals surface area contributed by atoms with Crippen molar-refractivity contribution in [3.8, 4) is 5.88 Å². The summed E-state index contributed by atoms with van der Waals surface area (Å²) in [6.45, 7) is 2.37. The summed E-state index contributed by atoms with van der Waals surface area (Å²) in [5, 5.41) is 0.705. The molecule has 1 aromatic heterocycles. The molecule has 2 N–H and O–H groups in total. The molecule has 0 radical (unpaired) electrons. The topological polar surface area (TPSA) is 48.1 Å². The van der Waals surface area contributed by atoms with Crippen LogP contribution in [-0.2, 0) is 6.61 Å². The first kappa shape index (κ1) is 12.9. The Hall–Kier alpha value is -1.58. The lowest BCUT2D eigenvalue weighted by atomic mass is 10.2. The highest BCUT2D eigenvalue weighted by Crippen LogP contribution is 2.15. The van der Waals surface area contributed by atoms with Crippen LogP contribution in [0.4, 0.5) is 0 Å². The Morgan fingerprint density at radius 3 is 2.78 bits per heavy atom. The molecule has 0 fully saturated rings. The van der Waals surface area contributed by atoms with Crippen molar-refractivity contribution in [3.05, 3.63) is 58.7 Å². The highest BCUT2D eigenvalue weighted by atomic mass is 35.5. The predicted octanol–water partition coefficient (Wildman–Crippen LogP) is 3.33. The normalized spacial score (nSPS) is 12.2. The number of nitrogens with zero attached hydrogens (tertiary/aromatic N) is 1. The zero-order valence-electron chi connectivity index (χ0n) is 10.1. The Bertz CT molecular complexity index is 511. The molecule has 2 aromatic rings. The first-order valence-corrected chi connectivity index (χ1v) is 6.12.